The number of rotatable bonds is 8. The van der Waals surface area contributed by atoms with E-state index in [-0.39, 0.29) is 23.5 Å². The molecule has 1 amide bonds. The molecule has 0 saturated carbocycles. The Kier molecular flexibility index (Phi) is 7.82. The number of nitrogens with zero attached hydrogens (tertiary/aromatic N) is 1. The van der Waals surface area contributed by atoms with Crippen molar-refractivity contribution in [2.45, 2.75) is 32.7 Å². The third-order valence-corrected chi connectivity index (χ3v) is 4.05. The number of alkyl halides is 1. The quantitative estimate of drug-likeness (QED) is 0.681. The average Bonchev–Trinajstić information content (AvgIpc) is 2.23. The Morgan fingerprint density at radius 1 is 1.33 bits per heavy atom. The highest BCUT2D eigenvalue weighted by Gasteiger charge is 2.26. The molecule has 1 unspecified atom stereocenters. The second kappa shape index (κ2) is 7.96. The van der Waals surface area contributed by atoms with Crippen molar-refractivity contribution in [3.8, 4) is 0 Å². The van der Waals surface area contributed by atoms with Crippen LogP contribution in [0.15, 0.2) is 0 Å². The molecule has 0 aliphatic rings. The Morgan fingerprint density at radius 2 is 1.89 bits per heavy atom. The Labute approximate surface area is 115 Å². The summed E-state index contributed by atoms with van der Waals surface area (Å²) < 4.78 is 26.0. The zero-order valence-electron chi connectivity index (χ0n) is 11.4. The number of halogens is 1. The van der Waals surface area contributed by atoms with E-state index in [0.717, 1.165) is 0 Å². The van der Waals surface area contributed by atoms with E-state index in [1.807, 2.05) is 13.8 Å². The first kappa shape index (κ1) is 17.7. The van der Waals surface area contributed by atoms with Crippen LogP contribution in [-0.2, 0) is 14.8 Å². The summed E-state index contributed by atoms with van der Waals surface area (Å²) in [6, 6.07) is -0.694. The van der Waals surface area contributed by atoms with E-state index in [1.54, 1.807) is 14.1 Å². The highest BCUT2D eigenvalue weighted by molar-refractivity contribution is 7.89. The van der Waals surface area contributed by atoms with Crippen LogP contribution in [-0.4, -0.2) is 51.0 Å². The molecule has 0 aliphatic carbocycles. The lowest BCUT2D eigenvalue weighted by molar-refractivity contribution is -0.130. The van der Waals surface area contributed by atoms with E-state index in [9.17, 15) is 13.2 Å². The van der Waals surface area contributed by atoms with Gasteiger partial charge in [-0.25, -0.2) is 13.1 Å². The van der Waals surface area contributed by atoms with Crippen molar-refractivity contribution in [2.75, 3.05) is 25.7 Å². The van der Waals surface area contributed by atoms with Crippen LogP contribution in [0.1, 0.15) is 26.7 Å². The first-order valence-electron chi connectivity index (χ1n) is 5.96. The normalized spacial score (nSPS) is 13.7. The van der Waals surface area contributed by atoms with Crippen LogP contribution in [0.4, 0.5) is 0 Å². The van der Waals surface area contributed by atoms with Crippen molar-refractivity contribution in [3.05, 3.63) is 0 Å². The fraction of sp³-hybridized carbons (Fsp3) is 0.909. The van der Waals surface area contributed by atoms with Crippen molar-refractivity contribution in [1.82, 2.24) is 9.62 Å². The molecule has 0 aromatic carbocycles. The van der Waals surface area contributed by atoms with Gasteiger partial charge in [0.1, 0.15) is 6.04 Å². The summed E-state index contributed by atoms with van der Waals surface area (Å²) in [5.41, 5.74) is 0. The van der Waals surface area contributed by atoms with E-state index in [1.165, 1.54) is 4.90 Å². The van der Waals surface area contributed by atoms with E-state index in [0.29, 0.717) is 12.8 Å². The van der Waals surface area contributed by atoms with Gasteiger partial charge in [-0.1, -0.05) is 13.8 Å². The van der Waals surface area contributed by atoms with Crippen molar-refractivity contribution in [3.63, 3.8) is 0 Å². The molecule has 0 radical (unpaired) electrons. The number of hydrogen-bond acceptors (Lipinski definition) is 3. The van der Waals surface area contributed by atoms with Gasteiger partial charge >= 0.3 is 0 Å². The van der Waals surface area contributed by atoms with Gasteiger partial charge in [0.05, 0.1) is 5.75 Å². The summed E-state index contributed by atoms with van der Waals surface area (Å²) >= 11 is 5.47. The van der Waals surface area contributed by atoms with Crippen LogP contribution in [0.3, 0.4) is 0 Å². The van der Waals surface area contributed by atoms with Crippen molar-refractivity contribution in [2.24, 2.45) is 5.92 Å². The summed E-state index contributed by atoms with van der Waals surface area (Å²) in [6.45, 7) is 3.89. The Hall–Kier alpha value is -0.330. The summed E-state index contributed by atoms with van der Waals surface area (Å²) in [5, 5.41) is 0. The molecule has 0 heterocycles. The van der Waals surface area contributed by atoms with Crippen LogP contribution < -0.4 is 4.72 Å². The second-order valence-corrected chi connectivity index (χ2v) is 7.15. The highest BCUT2D eigenvalue weighted by atomic mass is 35.5. The van der Waals surface area contributed by atoms with Crippen molar-refractivity contribution >= 4 is 27.5 Å². The van der Waals surface area contributed by atoms with Crippen LogP contribution in [0, 0.1) is 5.92 Å². The van der Waals surface area contributed by atoms with Gasteiger partial charge in [0.15, 0.2) is 0 Å². The first-order chi connectivity index (χ1) is 8.19. The molecule has 18 heavy (non-hydrogen) atoms. The molecule has 7 heteroatoms. The lowest BCUT2D eigenvalue weighted by atomic mass is 10.0. The van der Waals surface area contributed by atoms with Gasteiger partial charge in [-0.3, -0.25) is 4.79 Å². The zero-order valence-corrected chi connectivity index (χ0v) is 13.0. The number of sulfonamides is 1. The molecule has 0 aromatic heterocycles. The Bertz CT molecular complexity index is 355. The molecule has 1 N–H and O–H groups in total. The lowest BCUT2D eigenvalue weighted by Gasteiger charge is -2.23. The van der Waals surface area contributed by atoms with E-state index in [4.69, 9.17) is 11.6 Å². The van der Waals surface area contributed by atoms with Crippen LogP contribution in [0.5, 0.6) is 0 Å². The standard InChI is InChI=1S/C11H23ClN2O3S/c1-9(2)8-10(11(15)14(3)4)13-18(16,17)7-5-6-12/h9-10,13H,5-8H2,1-4H3. The number of carbonyl (C=O) groups is 1. The number of hydrogen-bond donors (Lipinski definition) is 1. The molecule has 0 bridgehead atoms. The van der Waals surface area contributed by atoms with Crippen LogP contribution in [0.2, 0.25) is 0 Å². The maximum atomic E-state index is 11.9. The molecule has 0 spiro atoms. The summed E-state index contributed by atoms with van der Waals surface area (Å²) in [4.78, 5) is 13.3. The number of likely N-dealkylation sites (N-methyl/N-ethyl adjacent to an activating group) is 1. The fourth-order valence-corrected chi connectivity index (χ4v) is 3.07. The summed E-state index contributed by atoms with van der Waals surface area (Å²) in [6.07, 6.45) is 0.860. The first-order valence-corrected chi connectivity index (χ1v) is 8.15. The average molecular weight is 299 g/mol. The highest BCUT2D eigenvalue weighted by Crippen LogP contribution is 2.08. The smallest absolute Gasteiger partial charge is 0.240 e. The summed E-state index contributed by atoms with van der Waals surface area (Å²) in [5.74, 6) is 0.246. The van der Waals surface area contributed by atoms with E-state index in [2.05, 4.69) is 4.72 Å². The SMILES string of the molecule is CC(C)CC(NS(=O)(=O)CCCCl)C(=O)N(C)C. The molecule has 0 saturated heterocycles. The van der Waals surface area contributed by atoms with Gasteiger partial charge in [-0.2, -0.15) is 0 Å². The van der Waals surface area contributed by atoms with Gasteiger partial charge in [-0.15, -0.1) is 11.6 Å². The molecule has 0 rings (SSSR count). The number of amides is 1. The van der Waals surface area contributed by atoms with Gasteiger partial charge in [0.25, 0.3) is 0 Å². The van der Waals surface area contributed by atoms with Crippen LogP contribution in [0.25, 0.3) is 0 Å². The summed E-state index contributed by atoms with van der Waals surface area (Å²) in [7, 11) is -0.221. The van der Waals surface area contributed by atoms with E-state index >= 15 is 0 Å². The topological polar surface area (TPSA) is 66.5 Å². The Balaban J connectivity index is 4.73. The molecule has 1 atom stereocenters. The molecule has 108 valence electrons. The molecule has 0 aromatic rings. The minimum Gasteiger partial charge on any atom is -0.347 e. The third kappa shape index (κ3) is 7.18. The van der Waals surface area contributed by atoms with Crippen molar-refractivity contribution in [1.29, 1.82) is 0 Å². The number of nitrogens with one attached hydrogen (secondary N) is 1. The number of carbonyl (C=O) groups excluding carboxylic acids is 1. The van der Waals surface area contributed by atoms with Gasteiger partial charge < -0.3 is 4.90 Å². The van der Waals surface area contributed by atoms with Gasteiger partial charge in [0.2, 0.25) is 15.9 Å². The molecular weight excluding hydrogens is 276 g/mol. The predicted molar refractivity (Wildman–Crippen MR) is 74.2 cm³/mol. The molecule has 5 nitrogen and oxygen atoms in total. The van der Waals surface area contributed by atoms with Gasteiger partial charge in [0, 0.05) is 20.0 Å². The lowest BCUT2D eigenvalue weighted by Crippen LogP contribution is -2.47. The fourth-order valence-electron chi connectivity index (χ4n) is 1.50. The largest absolute Gasteiger partial charge is 0.347 e. The minimum absolute atomic E-state index is 0.0498. The van der Waals surface area contributed by atoms with E-state index < -0.39 is 16.1 Å². The molecule has 0 aliphatic heterocycles. The Morgan fingerprint density at radius 3 is 2.28 bits per heavy atom. The van der Waals surface area contributed by atoms with Crippen molar-refractivity contribution < 1.29 is 13.2 Å². The predicted octanol–water partition coefficient (Wildman–Crippen LogP) is 1.04. The third-order valence-electron chi connectivity index (χ3n) is 2.31. The molecule has 0 fully saturated rings. The maximum Gasteiger partial charge on any atom is 0.240 e. The van der Waals surface area contributed by atoms with Gasteiger partial charge in [-0.05, 0) is 18.8 Å². The second-order valence-electron chi connectivity index (χ2n) is 4.89. The maximum absolute atomic E-state index is 11.9. The van der Waals surface area contributed by atoms with Crippen LogP contribution >= 0.6 is 11.6 Å². The monoisotopic (exact) mass is 298 g/mol. The zero-order chi connectivity index (χ0) is 14.3. The minimum atomic E-state index is -3.45. The molecular formula is C11H23ClN2O3S.